The summed E-state index contributed by atoms with van der Waals surface area (Å²) in [5, 5.41) is 0. The zero-order chi connectivity index (χ0) is 16.1. The van der Waals surface area contributed by atoms with Crippen LogP contribution in [-0.2, 0) is 4.44 Å². The number of hydrogen-bond acceptors (Lipinski definition) is 0. The molecular formula is C21H36Sn. The summed E-state index contributed by atoms with van der Waals surface area (Å²) in [5.74, 6) is 0. The van der Waals surface area contributed by atoms with Gasteiger partial charge < -0.3 is 0 Å². The fourth-order valence-corrected chi connectivity index (χ4v) is 19.5. The van der Waals surface area contributed by atoms with Crippen LogP contribution in [0.5, 0.6) is 0 Å². The molecule has 22 heavy (non-hydrogen) atoms. The Bertz CT molecular complexity index is 374. The van der Waals surface area contributed by atoms with Crippen molar-refractivity contribution in [2.75, 3.05) is 0 Å². The molecule has 0 unspecified atom stereocenters. The molecule has 1 rings (SSSR count). The van der Waals surface area contributed by atoms with E-state index in [1.807, 2.05) is 0 Å². The standard InChI is InChI=1S/C7H7.C6H11.2C4H9.Sn/c1-7-5-3-2-4-6-7;1-3-5-6-4-2;2*1-3-4-2;/h2-6H,1H2;3H,1-2,4-6H2;2*1,3-4H2,2H3;. The number of benzene rings is 1. The number of hydrogen-bond donors (Lipinski definition) is 0. The number of allylic oxidation sites excluding steroid dienone is 1. The summed E-state index contributed by atoms with van der Waals surface area (Å²) in [6.45, 7) is 8.59. The van der Waals surface area contributed by atoms with Gasteiger partial charge in [0.15, 0.2) is 0 Å². The Morgan fingerprint density at radius 3 is 2.00 bits per heavy atom. The predicted molar refractivity (Wildman–Crippen MR) is 104 cm³/mol. The Labute approximate surface area is 143 Å². The van der Waals surface area contributed by atoms with Crippen LogP contribution < -0.4 is 0 Å². The Morgan fingerprint density at radius 1 is 0.864 bits per heavy atom. The van der Waals surface area contributed by atoms with Crippen LogP contribution in [0.3, 0.4) is 0 Å². The molecule has 0 bridgehead atoms. The molecule has 0 aliphatic heterocycles. The summed E-state index contributed by atoms with van der Waals surface area (Å²) in [6.07, 6.45) is 11.8. The summed E-state index contributed by atoms with van der Waals surface area (Å²) in [6, 6.07) is 11.3. The molecule has 0 aliphatic rings. The van der Waals surface area contributed by atoms with Crippen molar-refractivity contribution in [1.29, 1.82) is 0 Å². The molecule has 0 heterocycles. The van der Waals surface area contributed by atoms with Crippen LogP contribution in [0, 0.1) is 0 Å². The van der Waals surface area contributed by atoms with Gasteiger partial charge in [-0.05, 0) is 0 Å². The van der Waals surface area contributed by atoms with E-state index in [4.69, 9.17) is 0 Å². The Kier molecular flexibility index (Phi) is 11.0. The molecule has 0 atom stereocenters. The molecule has 1 heteroatoms. The second-order valence-corrected chi connectivity index (χ2v) is 20.8. The summed E-state index contributed by atoms with van der Waals surface area (Å²) in [7, 11) is 0. The summed E-state index contributed by atoms with van der Waals surface area (Å²) in [4.78, 5) is 0. The fraction of sp³-hybridized carbons (Fsp3) is 0.619. The third kappa shape index (κ3) is 7.85. The van der Waals surface area contributed by atoms with Crippen molar-refractivity contribution in [2.45, 2.75) is 76.5 Å². The van der Waals surface area contributed by atoms with Crippen molar-refractivity contribution in [3.63, 3.8) is 0 Å². The molecule has 0 saturated heterocycles. The second kappa shape index (κ2) is 12.2. The van der Waals surface area contributed by atoms with E-state index in [9.17, 15) is 0 Å². The van der Waals surface area contributed by atoms with Gasteiger partial charge in [0.1, 0.15) is 0 Å². The summed E-state index contributed by atoms with van der Waals surface area (Å²) >= 11 is -2.03. The third-order valence-electron chi connectivity index (χ3n) is 4.91. The molecule has 0 N–H and O–H groups in total. The van der Waals surface area contributed by atoms with Crippen molar-refractivity contribution in [3.05, 3.63) is 48.6 Å². The molecule has 124 valence electrons. The van der Waals surface area contributed by atoms with E-state index < -0.39 is 18.4 Å². The second-order valence-electron chi connectivity index (χ2n) is 6.90. The number of unbranched alkanes of at least 4 members (excludes halogenated alkanes) is 4. The van der Waals surface area contributed by atoms with E-state index in [1.54, 1.807) is 18.9 Å². The Balaban J connectivity index is 2.78. The van der Waals surface area contributed by atoms with E-state index in [0.29, 0.717) is 0 Å². The molecule has 0 saturated carbocycles. The van der Waals surface area contributed by atoms with Gasteiger partial charge in [0.05, 0.1) is 0 Å². The molecule has 0 nitrogen and oxygen atoms in total. The first-order valence-corrected chi connectivity index (χ1v) is 17.5. The van der Waals surface area contributed by atoms with Crippen LogP contribution in [0.15, 0.2) is 43.0 Å². The molecule has 0 spiro atoms. The summed E-state index contributed by atoms with van der Waals surface area (Å²) < 4.78 is 6.28. The van der Waals surface area contributed by atoms with Gasteiger partial charge in [-0.15, -0.1) is 0 Å². The first-order chi connectivity index (χ1) is 10.8. The van der Waals surface area contributed by atoms with Crippen molar-refractivity contribution in [1.82, 2.24) is 0 Å². The first kappa shape index (κ1) is 19.8. The summed E-state index contributed by atoms with van der Waals surface area (Å²) in [5.41, 5.74) is 1.62. The average Bonchev–Trinajstić information content (AvgIpc) is 2.56. The predicted octanol–water partition coefficient (Wildman–Crippen LogP) is 7.17. The van der Waals surface area contributed by atoms with Crippen molar-refractivity contribution in [3.8, 4) is 0 Å². The van der Waals surface area contributed by atoms with E-state index in [2.05, 4.69) is 56.8 Å². The van der Waals surface area contributed by atoms with Gasteiger partial charge in [0.2, 0.25) is 0 Å². The molecule has 0 radical (unpaired) electrons. The monoisotopic (exact) mass is 408 g/mol. The third-order valence-corrected chi connectivity index (χ3v) is 20.3. The zero-order valence-electron chi connectivity index (χ0n) is 14.9. The molecule has 0 amide bonds. The van der Waals surface area contributed by atoms with Crippen molar-refractivity contribution < 1.29 is 0 Å². The van der Waals surface area contributed by atoms with Gasteiger partial charge in [-0.2, -0.15) is 0 Å². The fourth-order valence-electron chi connectivity index (χ4n) is 3.56. The Hall–Kier alpha value is -0.241. The van der Waals surface area contributed by atoms with Gasteiger partial charge in [-0.1, -0.05) is 0 Å². The molecular weight excluding hydrogens is 371 g/mol. The van der Waals surface area contributed by atoms with Crippen LogP contribution in [0.1, 0.15) is 64.4 Å². The minimum absolute atomic E-state index is 1.20. The molecule has 0 aliphatic carbocycles. The van der Waals surface area contributed by atoms with Gasteiger partial charge in [-0.3, -0.25) is 0 Å². The quantitative estimate of drug-likeness (QED) is 0.185. The van der Waals surface area contributed by atoms with Crippen LogP contribution in [0.2, 0.25) is 13.3 Å². The van der Waals surface area contributed by atoms with E-state index >= 15 is 0 Å². The van der Waals surface area contributed by atoms with Crippen LogP contribution >= 0.6 is 0 Å². The van der Waals surface area contributed by atoms with Crippen molar-refractivity contribution >= 4 is 18.4 Å². The van der Waals surface area contributed by atoms with Gasteiger partial charge in [0.25, 0.3) is 0 Å². The minimum atomic E-state index is -2.03. The van der Waals surface area contributed by atoms with Crippen LogP contribution in [-0.4, -0.2) is 18.4 Å². The first-order valence-electron chi connectivity index (χ1n) is 9.41. The topological polar surface area (TPSA) is 0 Å². The normalized spacial score (nSPS) is 11.5. The van der Waals surface area contributed by atoms with Crippen LogP contribution in [0.25, 0.3) is 0 Å². The van der Waals surface area contributed by atoms with Crippen LogP contribution in [0.4, 0.5) is 0 Å². The van der Waals surface area contributed by atoms with E-state index in [0.717, 1.165) is 0 Å². The van der Waals surface area contributed by atoms with E-state index in [-0.39, 0.29) is 0 Å². The van der Waals surface area contributed by atoms with Gasteiger partial charge in [-0.25, -0.2) is 0 Å². The van der Waals surface area contributed by atoms with Crippen molar-refractivity contribution in [2.24, 2.45) is 0 Å². The SMILES string of the molecule is C=CCCC[CH2][Sn]([CH2]CCC)([CH2]CCC)[CH2]c1ccccc1. The van der Waals surface area contributed by atoms with Gasteiger partial charge in [0, 0.05) is 0 Å². The zero-order valence-corrected chi connectivity index (χ0v) is 17.8. The maximum absolute atomic E-state index is 3.88. The Morgan fingerprint density at radius 2 is 1.45 bits per heavy atom. The van der Waals surface area contributed by atoms with E-state index in [1.165, 1.54) is 49.4 Å². The molecule has 1 aromatic rings. The molecule has 1 aromatic carbocycles. The molecule has 0 fully saturated rings. The van der Waals surface area contributed by atoms with Gasteiger partial charge >= 0.3 is 143 Å². The molecule has 0 aromatic heterocycles. The maximum atomic E-state index is 3.88. The number of rotatable bonds is 13. The average molecular weight is 407 g/mol.